The number of nitrogens with zero attached hydrogens (tertiary/aromatic N) is 1. The molecule has 0 unspecified atom stereocenters. The Kier molecular flexibility index (Phi) is 6.46. The van der Waals surface area contributed by atoms with Crippen molar-refractivity contribution in [2.24, 2.45) is 0 Å². The molecule has 0 atom stereocenters. The Morgan fingerprint density at radius 3 is 1.84 bits per heavy atom. The Bertz CT molecular complexity index is 2420. The second-order valence-corrected chi connectivity index (χ2v) is 15.8. The first kappa shape index (κ1) is 29.8. The van der Waals surface area contributed by atoms with Gasteiger partial charge in [-0.05, 0) is 90.6 Å². The van der Waals surface area contributed by atoms with Crippen LogP contribution in [-0.4, -0.2) is 6.92 Å². The first-order chi connectivity index (χ1) is 23.5. The number of hydrogen-bond acceptors (Lipinski definition) is 2. The molecule has 49 heavy (non-hydrogen) atoms. The average Bonchev–Trinajstić information content (AvgIpc) is 3.10. The van der Waals surface area contributed by atoms with E-state index in [1.807, 2.05) is 0 Å². The highest BCUT2D eigenvalue weighted by atomic mass is 16.4. The van der Waals surface area contributed by atoms with Crippen molar-refractivity contribution in [2.75, 3.05) is 4.90 Å². The molecule has 2 aliphatic heterocycles. The van der Waals surface area contributed by atoms with Gasteiger partial charge in [0, 0.05) is 33.5 Å². The molecule has 2 heterocycles. The van der Waals surface area contributed by atoms with Gasteiger partial charge >= 0.3 is 6.92 Å². The summed E-state index contributed by atoms with van der Waals surface area (Å²) in [7, 11) is 0. The molecule has 3 heteroatoms. The summed E-state index contributed by atoms with van der Waals surface area (Å²) in [4.78, 5) is 2.53. The second-order valence-electron chi connectivity index (χ2n) is 15.8. The van der Waals surface area contributed by atoms with Gasteiger partial charge in [0.15, 0.2) is 0 Å². The summed E-state index contributed by atoms with van der Waals surface area (Å²) in [5.74, 6) is 0.962. The highest BCUT2D eigenvalue weighted by molar-refractivity contribution is 6.86. The Morgan fingerprint density at radius 2 is 1.14 bits per heavy atom. The molecule has 0 fully saturated rings. The van der Waals surface area contributed by atoms with Gasteiger partial charge in [-0.1, -0.05) is 145 Å². The van der Waals surface area contributed by atoms with Gasteiger partial charge in [0.05, 0.1) is 0 Å². The van der Waals surface area contributed by atoms with E-state index in [2.05, 4.69) is 180 Å². The Labute approximate surface area is 290 Å². The van der Waals surface area contributed by atoms with Crippen LogP contribution in [0.15, 0.2) is 133 Å². The molecule has 2 aliphatic rings. The number of anilines is 3. The molecule has 238 valence electrons. The fourth-order valence-electron chi connectivity index (χ4n) is 7.76. The van der Waals surface area contributed by atoms with Gasteiger partial charge < -0.3 is 9.55 Å². The molecular weight excluding hydrogens is 593 g/mol. The van der Waals surface area contributed by atoms with E-state index >= 15 is 0 Å². The normalized spacial score (nSPS) is 13.6. The summed E-state index contributed by atoms with van der Waals surface area (Å²) in [5.41, 5.74) is 13.4. The minimum atomic E-state index is -0.253. The van der Waals surface area contributed by atoms with E-state index in [0.29, 0.717) is 0 Å². The maximum Gasteiger partial charge on any atom is 0.431 e. The quantitative estimate of drug-likeness (QED) is 0.176. The van der Waals surface area contributed by atoms with Crippen LogP contribution in [0.5, 0.6) is 5.75 Å². The van der Waals surface area contributed by atoms with Crippen LogP contribution in [0.2, 0.25) is 0 Å². The summed E-state index contributed by atoms with van der Waals surface area (Å²) in [5, 5.41) is 4.78. The summed E-state index contributed by atoms with van der Waals surface area (Å²) < 4.78 is 7.29. The lowest BCUT2D eigenvalue weighted by molar-refractivity contribution is 0.568. The van der Waals surface area contributed by atoms with Crippen molar-refractivity contribution in [1.82, 2.24) is 0 Å². The van der Waals surface area contributed by atoms with E-state index in [9.17, 15) is 0 Å². The van der Waals surface area contributed by atoms with Crippen molar-refractivity contribution in [3.8, 4) is 28.0 Å². The van der Waals surface area contributed by atoms with E-state index in [-0.39, 0.29) is 17.7 Å². The fraction of sp³-hybridized carbons (Fsp3) is 0.174. The van der Waals surface area contributed by atoms with Gasteiger partial charge in [0.2, 0.25) is 0 Å². The van der Waals surface area contributed by atoms with Gasteiger partial charge in [0.1, 0.15) is 5.75 Å². The molecule has 0 aliphatic carbocycles. The molecule has 9 rings (SSSR count). The van der Waals surface area contributed by atoms with Gasteiger partial charge in [-0.3, -0.25) is 0 Å². The van der Waals surface area contributed by atoms with Crippen molar-refractivity contribution in [3.05, 3.63) is 145 Å². The van der Waals surface area contributed by atoms with E-state index in [4.69, 9.17) is 4.65 Å². The predicted molar refractivity (Wildman–Crippen MR) is 210 cm³/mol. The molecule has 0 aromatic heterocycles. The number of benzene rings is 7. The van der Waals surface area contributed by atoms with Gasteiger partial charge in [-0.25, -0.2) is 0 Å². The van der Waals surface area contributed by atoms with E-state index in [0.717, 1.165) is 16.7 Å². The van der Waals surface area contributed by atoms with Gasteiger partial charge in [0.25, 0.3) is 0 Å². The van der Waals surface area contributed by atoms with Crippen LogP contribution in [0.4, 0.5) is 17.1 Å². The SMILES string of the molecule is CC(C)(C)c1cc(N2c3cc4ccccc4cc3B3Oc4c(ccc5ccccc45)-c4cc(-c5ccccc5)cc2c43)cc(C(C)(C)C)c1. The first-order valence-corrected chi connectivity index (χ1v) is 17.5. The molecule has 0 amide bonds. The maximum absolute atomic E-state index is 7.29. The molecule has 0 saturated heterocycles. The van der Waals surface area contributed by atoms with E-state index in [1.54, 1.807) is 0 Å². The summed E-state index contributed by atoms with van der Waals surface area (Å²) in [6, 6.07) is 49.4. The van der Waals surface area contributed by atoms with Crippen molar-refractivity contribution < 1.29 is 4.65 Å². The Balaban J connectivity index is 1.43. The molecule has 2 nitrogen and oxygen atoms in total. The first-order valence-electron chi connectivity index (χ1n) is 17.5. The molecule has 0 N–H and O–H groups in total. The van der Waals surface area contributed by atoms with Crippen LogP contribution < -0.4 is 20.5 Å². The van der Waals surface area contributed by atoms with E-state index < -0.39 is 0 Å². The van der Waals surface area contributed by atoms with Crippen LogP contribution in [0, 0.1) is 0 Å². The minimum absolute atomic E-state index is 0.0189. The zero-order valence-electron chi connectivity index (χ0n) is 29.1. The predicted octanol–water partition coefficient (Wildman–Crippen LogP) is 11.2. The van der Waals surface area contributed by atoms with Crippen molar-refractivity contribution in [1.29, 1.82) is 0 Å². The topological polar surface area (TPSA) is 12.5 Å². The lowest BCUT2D eigenvalue weighted by Crippen LogP contribution is -2.56. The number of fused-ring (bicyclic) bond motifs is 7. The third-order valence-electron chi connectivity index (χ3n) is 10.5. The fourth-order valence-corrected chi connectivity index (χ4v) is 7.76. The monoisotopic (exact) mass is 633 g/mol. The third-order valence-corrected chi connectivity index (χ3v) is 10.5. The van der Waals surface area contributed by atoms with Crippen LogP contribution in [0.25, 0.3) is 43.8 Å². The number of rotatable bonds is 2. The largest absolute Gasteiger partial charge is 0.550 e. The second kappa shape index (κ2) is 10.6. The molecule has 0 saturated carbocycles. The molecule has 0 bridgehead atoms. The highest BCUT2D eigenvalue weighted by Crippen LogP contribution is 2.48. The third kappa shape index (κ3) is 4.78. The van der Waals surface area contributed by atoms with Gasteiger partial charge in [-0.15, -0.1) is 0 Å². The molecule has 0 radical (unpaired) electrons. The number of hydrogen-bond donors (Lipinski definition) is 0. The van der Waals surface area contributed by atoms with E-state index in [1.165, 1.54) is 72.0 Å². The van der Waals surface area contributed by atoms with Crippen LogP contribution in [0.3, 0.4) is 0 Å². The zero-order chi connectivity index (χ0) is 33.7. The van der Waals surface area contributed by atoms with Crippen molar-refractivity contribution in [3.63, 3.8) is 0 Å². The summed E-state index contributed by atoms with van der Waals surface area (Å²) in [6.07, 6.45) is 0. The molecule has 7 aromatic rings. The van der Waals surface area contributed by atoms with Crippen molar-refractivity contribution >= 4 is 56.4 Å². The van der Waals surface area contributed by atoms with Gasteiger partial charge in [-0.2, -0.15) is 0 Å². The molecule has 7 aromatic carbocycles. The van der Waals surface area contributed by atoms with Crippen molar-refractivity contribution in [2.45, 2.75) is 52.4 Å². The minimum Gasteiger partial charge on any atom is -0.550 e. The standard InChI is InChI=1S/C46H40BNO/c1-45(2,3)34-26-35(46(4,5)6)28-36(27-34)48-41-24-32-18-11-10-17-31(32)23-40(41)47-43-39(22-33(25-42(43)48)29-14-8-7-9-15-29)38-21-20-30-16-12-13-19-37(30)44(38)49-47/h7-28H,1-6H3. The Hall–Kier alpha value is -5.28. The molecule has 0 spiro atoms. The lowest BCUT2D eigenvalue weighted by Gasteiger charge is -2.41. The van der Waals surface area contributed by atoms with Crippen LogP contribution in [0.1, 0.15) is 52.7 Å². The molecular formula is C46H40BNO. The zero-order valence-corrected chi connectivity index (χ0v) is 29.1. The average molecular weight is 634 g/mol. The maximum atomic E-state index is 7.29. The summed E-state index contributed by atoms with van der Waals surface area (Å²) in [6.45, 7) is 13.7. The van der Waals surface area contributed by atoms with Crippen LogP contribution in [-0.2, 0) is 10.8 Å². The Morgan fingerprint density at radius 1 is 0.510 bits per heavy atom. The summed E-state index contributed by atoms with van der Waals surface area (Å²) >= 11 is 0. The lowest BCUT2D eigenvalue weighted by atomic mass is 9.49. The van der Waals surface area contributed by atoms with Crippen LogP contribution >= 0.6 is 0 Å². The highest BCUT2D eigenvalue weighted by Gasteiger charge is 2.43. The smallest absolute Gasteiger partial charge is 0.431 e.